The van der Waals surface area contributed by atoms with Crippen LogP contribution in [0.25, 0.3) is 115 Å². The molecule has 270 valence electrons. The van der Waals surface area contributed by atoms with Crippen LogP contribution in [0.3, 0.4) is 0 Å². The summed E-state index contributed by atoms with van der Waals surface area (Å²) < 4.78 is 4.99. The van der Waals surface area contributed by atoms with Gasteiger partial charge in [0.15, 0.2) is 17.5 Å². The van der Waals surface area contributed by atoms with Crippen molar-refractivity contribution in [3.05, 3.63) is 194 Å². The molecule has 3 aromatic heterocycles. The van der Waals surface area contributed by atoms with Gasteiger partial charge in [-0.2, -0.15) is 0 Å². The van der Waals surface area contributed by atoms with Crippen LogP contribution < -0.4 is 0 Å². The summed E-state index contributed by atoms with van der Waals surface area (Å²) >= 11 is 1.83. The first kappa shape index (κ1) is 32.7. The van der Waals surface area contributed by atoms with E-state index in [0.717, 1.165) is 33.5 Å². The summed E-state index contributed by atoms with van der Waals surface area (Å²) in [5.74, 6) is 1.91. The van der Waals surface area contributed by atoms with Crippen molar-refractivity contribution in [1.82, 2.24) is 19.5 Å². The van der Waals surface area contributed by atoms with E-state index in [2.05, 4.69) is 162 Å². The van der Waals surface area contributed by atoms with Crippen molar-refractivity contribution in [2.24, 2.45) is 0 Å². The molecule has 0 aliphatic rings. The van der Waals surface area contributed by atoms with Crippen LogP contribution in [0.2, 0.25) is 0 Å². The van der Waals surface area contributed by atoms with E-state index in [4.69, 9.17) is 15.0 Å². The summed E-state index contributed by atoms with van der Waals surface area (Å²) in [6, 6.07) is 69.3. The van der Waals surface area contributed by atoms with Crippen molar-refractivity contribution in [3.63, 3.8) is 0 Å². The fraction of sp³-hybridized carbons (Fsp3) is 0. The van der Waals surface area contributed by atoms with Crippen molar-refractivity contribution in [2.45, 2.75) is 0 Å². The van der Waals surface area contributed by atoms with Crippen molar-refractivity contribution in [2.75, 3.05) is 0 Å². The molecule has 0 unspecified atom stereocenters. The van der Waals surface area contributed by atoms with Crippen molar-refractivity contribution in [1.29, 1.82) is 0 Å². The number of aromatic nitrogens is 4. The normalized spacial score (nSPS) is 11.8. The average Bonchev–Trinajstić information content (AvgIpc) is 3.83. The number of nitrogens with zero attached hydrogens (tertiary/aromatic N) is 4. The molecule has 58 heavy (non-hydrogen) atoms. The summed E-state index contributed by atoms with van der Waals surface area (Å²) in [6.45, 7) is 0. The molecule has 0 aliphatic carbocycles. The van der Waals surface area contributed by atoms with Gasteiger partial charge in [0.25, 0.3) is 0 Å². The summed E-state index contributed by atoms with van der Waals surface area (Å²) in [4.78, 5) is 15.5. The summed E-state index contributed by atoms with van der Waals surface area (Å²) in [5, 5.41) is 9.88. The molecule has 0 saturated heterocycles. The van der Waals surface area contributed by atoms with E-state index in [-0.39, 0.29) is 0 Å². The molecule has 0 saturated carbocycles. The Morgan fingerprint density at radius 2 is 0.948 bits per heavy atom. The first-order chi connectivity index (χ1) is 28.7. The fourth-order valence-corrected chi connectivity index (χ4v) is 9.80. The molecule has 9 aromatic carbocycles. The third-order valence-corrected chi connectivity index (χ3v) is 12.5. The van der Waals surface area contributed by atoms with E-state index in [0.29, 0.717) is 17.5 Å². The van der Waals surface area contributed by atoms with E-state index in [1.54, 1.807) is 0 Å². The van der Waals surface area contributed by atoms with Gasteiger partial charge in [0, 0.05) is 58.7 Å². The van der Waals surface area contributed by atoms with Crippen molar-refractivity contribution >= 4 is 74.9 Å². The minimum absolute atomic E-state index is 0.629. The second-order valence-electron chi connectivity index (χ2n) is 14.8. The lowest BCUT2D eigenvalue weighted by Crippen LogP contribution is -2.02. The quantitative estimate of drug-likeness (QED) is 0.176. The Kier molecular flexibility index (Phi) is 7.37. The Hall–Kier alpha value is -7.47. The van der Waals surface area contributed by atoms with Crippen LogP contribution in [0.4, 0.5) is 0 Å². The minimum Gasteiger partial charge on any atom is -0.309 e. The van der Waals surface area contributed by atoms with Crippen molar-refractivity contribution in [3.8, 4) is 51.0 Å². The summed E-state index contributed by atoms with van der Waals surface area (Å²) in [5.41, 5.74) is 8.42. The Morgan fingerprint density at radius 3 is 1.71 bits per heavy atom. The number of hydrogen-bond acceptors (Lipinski definition) is 4. The van der Waals surface area contributed by atoms with Crippen molar-refractivity contribution < 1.29 is 0 Å². The van der Waals surface area contributed by atoms with Crippen LogP contribution in [-0.2, 0) is 0 Å². The van der Waals surface area contributed by atoms with E-state index in [1.165, 1.54) is 63.5 Å². The average molecular weight is 757 g/mol. The zero-order chi connectivity index (χ0) is 38.2. The SMILES string of the molecule is c1ccc(-c2nc(-c3ccccc3)nc(-c3ccc(-n4c5cc6ccccc6cc5c5ccc6ccccc6c54)cc3-c3ccc4c(c3)sc3ccccc34)n2)cc1. The molecule has 0 radical (unpaired) electrons. The third-order valence-electron chi connectivity index (χ3n) is 11.4. The van der Waals surface area contributed by atoms with Gasteiger partial charge in [-0.1, -0.05) is 152 Å². The van der Waals surface area contributed by atoms with E-state index in [9.17, 15) is 0 Å². The van der Waals surface area contributed by atoms with Crippen LogP contribution in [0.5, 0.6) is 0 Å². The molecule has 3 heterocycles. The van der Waals surface area contributed by atoms with Crippen LogP contribution >= 0.6 is 11.3 Å². The molecule has 12 aromatic rings. The van der Waals surface area contributed by atoms with Gasteiger partial charge in [0.1, 0.15) is 0 Å². The van der Waals surface area contributed by atoms with Gasteiger partial charge in [-0.15, -0.1) is 11.3 Å². The predicted molar refractivity (Wildman–Crippen MR) is 244 cm³/mol. The standard InChI is InChI=1S/C53H32N4S/c1-3-14-34(15-4-1)51-54-52(35-16-5-2-6-17-35)56-53(55-51)44-28-25-39(32-45(44)38-24-26-42-41-21-11-12-22-48(41)58-49(42)31-38)57-47-30-37-19-8-7-18-36(37)29-46(47)43-27-23-33-13-9-10-20-40(33)50(43)57/h1-32H. The van der Waals surface area contributed by atoms with E-state index in [1.807, 2.05) is 47.7 Å². The maximum absolute atomic E-state index is 5.22. The van der Waals surface area contributed by atoms with Crippen LogP contribution in [0, 0.1) is 0 Å². The van der Waals surface area contributed by atoms with E-state index >= 15 is 0 Å². The molecule has 5 heteroatoms. The second kappa shape index (κ2) is 13.1. The molecule has 0 aliphatic heterocycles. The smallest absolute Gasteiger partial charge is 0.164 e. The minimum atomic E-state index is 0.629. The molecule has 12 rings (SSSR count). The van der Waals surface area contributed by atoms with Crippen LogP contribution in [0.15, 0.2) is 194 Å². The summed E-state index contributed by atoms with van der Waals surface area (Å²) in [6.07, 6.45) is 0. The van der Waals surface area contributed by atoms with Crippen LogP contribution in [-0.4, -0.2) is 19.5 Å². The maximum atomic E-state index is 5.22. The third kappa shape index (κ3) is 5.25. The van der Waals surface area contributed by atoms with Crippen LogP contribution in [0.1, 0.15) is 0 Å². The highest BCUT2D eigenvalue weighted by Gasteiger charge is 2.21. The second-order valence-corrected chi connectivity index (χ2v) is 15.9. The lowest BCUT2D eigenvalue weighted by Gasteiger charge is -2.16. The molecule has 0 amide bonds. The van der Waals surface area contributed by atoms with Gasteiger partial charge in [0.05, 0.1) is 11.0 Å². The lowest BCUT2D eigenvalue weighted by molar-refractivity contribution is 1.07. The highest BCUT2D eigenvalue weighted by atomic mass is 32.1. The molecular formula is C53H32N4S. The first-order valence-electron chi connectivity index (χ1n) is 19.5. The van der Waals surface area contributed by atoms with E-state index < -0.39 is 0 Å². The van der Waals surface area contributed by atoms with Gasteiger partial charge in [-0.05, 0) is 69.8 Å². The highest BCUT2D eigenvalue weighted by Crippen LogP contribution is 2.43. The molecular weight excluding hydrogens is 725 g/mol. The Bertz CT molecular complexity index is 3510. The molecule has 0 N–H and O–H groups in total. The zero-order valence-corrected chi connectivity index (χ0v) is 32.0. The Labute approximate surface area is 338 Å². The number of thiophene rings is 1. The monoisotopic (exact) mass is 756 g/mol. The van der Waals surface area contributed by atoms with Gasteiger partial charge >= 0.3 is 0 Å². The zero-order valence-electron chi connectivity index (χ0n) is 31.2. The number of fused-ring (bicyclic) bond motifs is 9. The van der Waals surface area contributed by atoms with Gasteiger partial charge in [-0.3, -0.25) is 0 Å². The van der Waals surface area contributed by atoms with Gasteiger partial charge in [-0.25, -0.2) is 15.0 Å². The topological polar surface area (TPSA) is 43.6 Å². The number of benzene rings is 9. The van der Waals surface area contributed by atoms with Gasteiger partial charge in [0.2, 0.25) is 0 Å². The summed E-state index contributed by atoms with van der Waals surface area (Å²) in [7, 11) is 0. The molecule has 0 bridgehead atoms. The molecule has 0 atom stereocenters. The Balaban J connectivity index is 1.17. The Morgan fingerprint density at radius 1 is 0.345 bits per heavy atom. The lowest BCUT2D eigenvalue weighted by atomic mass is 9.97. The maximum Gasteiger partial charge on any atom is 0.164 e. The largest absolute Gasteiger partial charge is 0.309 e. The van der Waals surface area contributed by atoms with Gasteiger partial charge < -0.3 is 4.57 Å². The number of rotatable bonds is 5. The molecule has 4 nitrogen and oxygen atoms in total. The molecule has 0 fully saturated rings. The number of hydrogen-bond donors (Lipinski definition) is 0. The molecule has 0 spiro atoms. The first-order valence-corrected chi connectivity index (χ1v) is 20.3. The highest BCUT2D eigenvalue weighted by molar-refractivity contribution is 7.25. The fourth-order valence-electron chi connectivity index (χ4n) is 8.66. The predicted octanol–water partition coefficient (Wildman–Crippen LogP) is 14.3.